The highest BCUT2D eigenvalue weighted by molar-refractivity contribution is 6.00. The van der Waals surface area contributed by atoms with Gasteiger partial charge in [-0.1, -0.05) is 12.1 Å². The van der Waals surface area contributed by atoms with Crippen LogP contribution in [0.25, 0.3) is 0 Å². The molecule has 0 bridgehead atoms. The molecule has 4 rings (SSSR count). The SMILES string of the molecule is COC(=O)NC1CCN(c2ccccc2C(=O)N2CCN(C(=O)[C@H]3CCCO3)CC2)CC1. The van der Waals surface area contributed by atoms with Gasteiger partial charge in [-0.25, -0.2) is 4.79 Å². The number of methoxy groups -OCH3 is 1. The maximum atomic E-state index is 13.3. The molecule has 0 radical (unpaired) electrons. The Kier molecular flexibility index (Phi) is 7.14. The highest BCUT2D eigenvalue weighted by Crippen LogP contribution is 2.26. The Labute approximate surface area is 188 Å². The van der Waals surface area contributed by atoms with E-state index in [0.29, 0.717) is 38.3 Å². The Hall–Kier alpha value is -2.81. The lowest BCUT2D eigenvalue weighted by molar-refractivity contribution is -0.142. The molecule has 3 amide bonds. The van der Waals surface area contributed by atoms with Crippen molar-refractivity contribution in [1.82, 2.24) is 15.1 Å². The van der Waals surface area contributed by atoms with E-state index >= 15 is 0 Å². The lowest BCUT2D eigenvalue weighted by Crippen LogP contribution is -2.53. The number of nitrogens with zero attached hydrogens (tertiary/aromatic N) is 3. The van der Waals surface area contributed by atoms with Crippen LogP contribution in [0.5, 0.6) is 0 Å². The van der Waals surface area contributed by atoms with Gasteiger partial charge >= 0.3 is 6.09 Å². The summed E-state index contributed by atoms with van der Waals surface area (Å²) in [5, 5.41) is 2.86. The molecule has 1 atom stereocenters. The molecule has 1 aromatic rings. The van der Waals surface area contributed by atoms with Crippen LogP contribution in [0.1, 0.15) is 36.0 Å². The minimum Gasteiger partial charge on any atom is -0.453 e. The van der Waals surface area contributed by atoms with Crippen LogP contribution in [0.4, 0.5) is 10.5 Å². The van der Waals surface area contributed by atoms with E-state index in [9.17, 15) is 14.4 Å². The molecular formula is C23H32N4O5. The molecule has 3 fully saturated rings. The van der Waals surface area contributed by atoms with Crippen molar-refractivity contribution < 1.29 is 23.9 Å². The van der Waals surface area contributed by atoms with Crippen molar-refractivity contribution in [3.8, 4) is 0 Å². The van der Waals surface area contributed by atoms with E-state index in [1.165, 1.54) is 7.11 Å². The van der Waals surface area contributed by atoms with Crippen molar-refractivity contribution >= 4 is 23.6 Å². The molecule has 3 aliphatic heterocycles. The number of carbonyl (C=O) groups is 3. The first-order valence-corrected chi connectivity index (χ1v) is 11.4. The monoisotopic (exact) mass is 444 g/mol. The van der Waals surface area contributed by atoms with Crippen molar-refractivity contribution in [2.45, 2.75) is 37.8 Å². The second kappa shape index (κ2) is 10.2. The van der Waals surface area contributed by atoms with Gasteiger partial charge in [0.05, 0.1) is 12.7 Å². The van der Waals surface area contributed by atoms with Crippen LogP contribution >= 0.6 is 0 Å². The molecule has 1 N–H and O–H groups in total. The molecule has 174 valence electrons. The molecule has 0 aromatic heterocycles. The van der Waals surface area contributed by atoms with Gasteiger partial charge in [-0.15, -0.1) is 0 Å². The van der Waals surface area contributed by atoms with E-state index in [-0.39, 0.29) is 24.0 Å². The average Bonchev–Trinajstić information content (AvgIpc) is 3.39. The van der Waals surface area contributed by atoms with Gasteiger partial charge in [0.25, 0.3) is 11.8 Å². The minimum absolute atomic E-state index is 0.000348. The zero-order valence-corrected chi connectivity index (χ0v) is 18.6. The van der Waals surface area contributed by atoms with Crippen molar-refractivity contribution in [2.24, 2.45) is 0 Å². The third-order valence-electron chi connectivity index (χ3n) is 6.56. The summed E-state index contributed by atoms with van der Waals surface area (Å²) in [6.07, 6.45) is 2.59. The molecule has 0 aliphatic carbocycles. The molecular weight excluding hydrogens is 412 g/mol. The molecule has 3 heterocycles. The van der Waals surface area contributed by atoms with Gasteiger partial charge in [-0.05, 0) is 37.8 Å². The second-order valence-electron chi connectivity index (χ2n) is 8.53. The number of rotatable bonds is 4. The molecule has 0 spiro atoms. The number of piperidine rings is 1. The van der Waals surface area contributed by atoms with E-state index < -0.39 is 6.09 Å². The summed E-state index contributed by atoms with van der Waals surface area (Å²) in [6, 6.07) is 7.78. The van der Waals surface area contributed by atoms with E-state index in [0.717, 1.165) is 44.5 Å². The molecule has 32 heavy (non-hydrogen) atoms. The maximum Gasteiger partial charge on any atom is 0.407 e. The number of carbonyl (C=O) groups excluding carboxylic acids is 3. The highest BCUT2D eigenvalue weighted by Gasteiger charge is 2.32. The van der Waals surface area contributed by atoms with Crippen LogP contribution in [-0.2, 0) is 14.3 Å². The topological polar surface area (TPSA) is 91.4 Å². The summed E-state index contributed by atoms with van der Waals surface area (Å²) in [6.45, 7) is 4.29. The van der Waals surface area contributed by atoms with Gasteiger partial charge in [0, 0.05) is 57.6 Å². The van der Waals surface area contributed by atoms with Crippen LogP contribution in [0.3, 0.4) is 0 Å². The normalized spacial score (nSPS) is 22.0. The number of ether oxygens (including phenoxy) is 2. The lowest BCUT2D eigenvalue weighted by atomic mass is 10.0. The number of anilines is 1. The van der Waals surface area contributed by atoms with Crippen LogP contribution in [0.2, 0.25) is 0 Å². The Balaban J connectivity index is 1.35. The Morgan fingerprint density at radius 3 is 2.31 bits per heavy atom. The number of amides is 3. The lowest BCUT2D eigenvalue weighted by Gasteiger charge is -2.37. The van der Waals surface area contributed by atoms with Crippen LogP contribution in [-0.4, -0.2) is 92.8 Å². The summed E-state index contributed by atoms with van der Waals surface area (Å²) in [4.78, 5) is 43.2. The van der Waals surface area contributed by atoms with Gasteiger partial charge in [-0.2, -0.15) is 0 Å². The van der Waals surface area contributed by atoms with Gasteiger partial charge < -0.3 is 29.5 Å². The van der Waals surface area contributed by atoms with Gasteiger partial charge in [0.15, 0.2) is 0 Å². The molecule has 0 saturated carbocycles. The first-order valence-electron chi connectivity index (χ1n) is 11.4. The first kappa shape index (κ1) is 22.4. The predicted molar refractivity (Wildman–Crippen MR) is 119 cm³/mol. The second-order valence-corrected chi connectivity index (χ2v) is 8.53. The number of hydrogen-bond acceptors (Lipinski definition) is 6. The van der Waals surface area contributed by atoms with Crippen LogP contribution in [0, 0.1) is 0 Å². The Morgan fingerprint density at radius 2 is 1.66 bits per heavy atom. The molecule has 3 saturated heterocycles. The Bertz CT molecular complexity index is 825. The molecule has 9 nitrogen and oxygen atoms in total. The highest BCUT2D eigenvalue weighted by atomic mass is 16.5. The van der Waals surface area contributed by atoms with E-state index in [4.69, 9.17) is 4.74 Å². The molecule has 3 aliphatic rings. The molecule has 0 unspecified atom stereocenters. The fourth-order valence-corrected chi connectivity index (χ4v) is 4.70. The number of benzene rings is 1. The number of para-hydroxylation sites is 1. The number of alkyl carbamates (subject to hydrolysis) is 1. The van der Waals surface area contributed by atoms with Crippen molar-refractivity contribution in [3.05, 3.63) is 29.8 Å². The quantitative estimate of drug-likeness (QED) is 0.756. The smallest absolute Gasteiger partial charge is 0.407 e. The maximum absolute atomic E-state index is 13.3. The number of hydrogen-bond donors (Lipinski definition) is 1. The average molecular weight is 445 g/mol. The fourth-order valence-electron chi connectivity index (χ4n) is 4.70. The first-order chi connectivity index (χ1) is 15.6. The summed E-state index contributed by atoms with van der Waals surface area (Å²) >= 11 is 0. The largest absolute Gasteiger partial charge is 0.453 e. The zero-order valence-electron chi connectivity index (χ0n) is 18.6. The summed E-state index contributed by atoms with van der Waals surface area (Å²) in [5.74, 6) is 0.0538. The Morgan fingerprint density at radius 1 is 0.969 bits per heavy atom. The fraction of sp³-hybridized carbons (Fsp3) is 0.609. The van der Waals surface area contributed by atoms with Crippen molar-refractivity contribution in [2.75, 3.05) is 57.9 Å². The standard InChI is InChI=1S/C23H32N4O5/c1-31-23(30)24-17-8-10-25(11-9-17)19-6-3-2-5-18(19)21(28)26-12-14-27(15-13-26)22(29)20-7-4-16-32-20/h2-3,5-6,17,20H,4,7-16H2,1H3,(H,24,30)/t20-/m1/s1. The third kappa shape index (κ3) is 4.98. The number of nitrogens with one attached hydrogen (secondary N) is 1. The van der Waals surface area contributed by atoms with Crippen LogP contribution in [0.15, 0.2) is 24.3 Å². The van der Waals surface area contributed by atoms with E-state index in [2.05, 4.69) is 15.0 Å². The van der Waals surface area contributed by atoms with Gasteiger partial charge in [0.1, 0.15) is 6.10 Å². The summed E-state index contributed by atoms with van der Waals surface area (Å²) < 4.78 is 10.2. The molecule has 1 aromatic carbocycles. The third-order valence-corrected chi connectivity index (χ3v) is 6.56. The summed E-state index contributed by atoms with van der Waals surface area (Å²) in [5.41, 5.74) is 1.61. The van der Waals surface area contributed by atoms with Crippen LogP contribution < -0.4 is 10.2 Å². The van der Waals surface area contributed by atoms with E-state index in [1.54, 1.807) is 0 Å². The van der Waals surface area contributed by atoms with Crippen molar-refractivity contribution in [1.29, 1.82) is 0 Å². The van der Waals surface area contributed by atoms with Gasteiger partial charge in [0.2, 0.25) is 0 Å². The van der Waals surface area contributed by atoms with E-state index in [1.807, 2.05) is 34.1 Å². The number of piperazine rings is 1. The minimum atomic E-state index is -0.406. The predicted octanol–water partition coefficient (Wildman–Crippen LogP) is 1.47. The van der Waals surface area contributed by atoms with Gasteiger partial charge in [-0.3, -0.25) is 9.59 Å². The summed E-state index contributed by atoms with van der Waals surface area (Å²) in [7, 11) is 1.37. The molecule has 9 heteroatoms. The van der Waals surface area contributed by atoms with Crippen molar-refractivity contribution in [3.63, 3.8) is 0 Å². The zero-order chi connectivity index (χ0) is 22.5.